The molecule has 3 rings (SSSR count). The molecule has 0 bridgehead atoms. The summed E-state index contributed by atoms with van der Waals surface area (Å²) in [5.74, 6) is -7.91. The summed E-state index contributed by atoms with van der Waals surface area (Å²) in [4.78, 5) is 24.5. The van der Waals surface area contributed by atoms with Crippen molar-refractivity contribution in [3.8, 4) is 6.07 Å². The lowest BCUT2D eigenvalue weighted by Gasteiger charge is -2.37. The predicted octanol–water partition coefficient (Wildman–Crippen LogP) is 6.33. The second kappa shape index (κ2) is 10.3. The number of alkyl halides is 3. The first kappa shape index (κ1) is 29.0. The smallest absolute Gasteiger partial charge is 0.385 e. The maximum absolute atomic E-state index is 15.5. The number of nitrogens with zero attached hydrogens (tertiary/aromatic N) is 1. The third kappa shape index (κ3) is 5.66. The Morgan fingerprint density at radius 1 is 1.19 bits per heavy atom. The van der Waals surface area contributed by atoms with Gasteiger partial charge in [-0.1, -0.05) is 50.6 Å². The first-order valence-corrected chi connectivity index (χ1v) is 12.1. The minimum absolute atomic E-state index is 0.00425. The Morgan fingerprint density at radius 2 is 1.84 bits per heavy atom. The molecular weight excluding hydrogens is 587 g/mol. The fourth-order valence-electron chi connectivity index (χ4n) is 4.75. The third-order valence-electron chi connectivity index (χ3n) is 6.13. The summed E-state index contributed by atoms with van der Waals surface area (Å²) in [7, 11) is 0. The number of hydrogen-bond acceptors (Lipinski definition) is 5. The van der Waals surface area contributed by atoms with Crippen LogP contribution in [0.4, 0.5) is 22.0 Å². The zero-order valence-electron chi connectivity index (χ0n) is 19.7. The maximum atomic E-state index is 15.5. The van der Waals surface area contributed by atoms with Gasteiger partial charge in [0, 0.05) is 22.5 Å². The van der Waals surface area contributed by atoms with Crippen LogP contribution in [0.15, 0.2) is 40.9 Å². The normalized spacial score (nSPS) is 24.0. The van der Waals surface area contributed by atoms with E-state index in [9.17, 15) is 28.0 Å². The van der Waals surface area contributed by atoms with E-state index < -0.39 is 58.6 Å². The van der Waals surface area contributed by atoms with E-state index in [0.29, 0.717) is 0 Å². The van der Waals surface area contributed by atoms with Crippen molar-refractivity contribution in [1.82, 2.24) is 5.32 Å². The molecule has 1 heterocycles. The molecule has 0 spiro atoms. The van der Waals surface area contributed by atoms with E-state index in [-0.39, 0.29) is 27.0 Å². The zero-order chi connectivity index (χ0) is 27.9. The van der Waals surface area contributed by atoms with Gasteiger partial charge in [-0.3, -0.25) is 5.32 Å². The molecule has 37 heavy (non-hydrogen) atoms. The number of nitrogens with one attached hydrogen (secondary N) is 1. The number of benzene rings is 2. The Kier molecular flexibility index (Phi) is 8.08. The molecule has 0 aliphatic carbocycles. The van der Waals surface area contributed by atoms with Crippen LogP contribution in [-0.4, -0.2) is 30.2 Å². The molecule has 0 radical (unpaired) electrons. The van der Waals surface area contributed by atoms with E-state index in [4.69, 9.17) is 11.6 Å². The average Bonchev–Trinajstić information content (AvgIpc) is 3.08. The molecule has 1 aliphatic heterocycles. The van der Waals surface area contributed by atoms with Gasteiger partial charge in [0.1, 0.15) is 23.1 Å². The van der Waals surface area contributed by atoms with Crippen molar-refractivity contribution < 1.29 is 36.3 Å². The molecule has 0 amide bonds. The highest BCUT2D eigenvalue weighted by atomic mass is 79.9. The number of carbonyl (C=O) groups excluding carboxylic acids is 2. The van der Waals surface area contributed by atoms with Crippen LogP contribution in [0.1, 0.15) is 44.2 Å². The van der Waals surface area contributed by atoms with E-state index in [2.05, 4.69) is 26.0 Å². The fraction of sp³-hybridized carbons (Fsp3) is 0.400. The number of ether oxygens (including phenoxy) is 1. The van der Waals surface area contributed by atoms with E-state index in [1.165, 1.54) is 30.3 Å². The highest BCUT2D eigenvalue weighted by molar-refractivity contribution is 9.10. The van der Waals surface area contributed by atoms with Crippen molar-refractivity contribution in [3.63, 3.8) is 0 Å². The average molecular weight is 608 g/mol. The van der Waals surface area contributed by atoms with Crippen LogP contribution in [0.3, 0.4) is 0 Å². The predicted molar refractivity (Wildman–Crippen MR) is 127 cm³/mol. The molecule has 1 N–H and O–H groups in total. The zero-order valence-corrected chi connectivity index (χ0v) is 22.1. The molecule has 5 nitrogen and oxygen atoms in total. The highest BCUT2D eigenvalue weighted by Gasteiger charge is 2.62. The SMILES string of the molecule is CC(C)(C)C[C@@H]1N[C@@H](C(=O)OC(=O)C(F)(F)F)[C@H](c2cccc(Br)c2F)[C@@]1(C#N)c1ccc(Cl)cc1F. The first-order chi connectivity index (χ1) is 17.0. The minimum Gasteiger partial charge on any atom is -0.385 e. The van der Waals surface area contributed by atoms with Gasteiger partial charge in [-0.05, 0) is 51.5 Å². The molecule has 2 aromatic carbocycles. The molecule has 0 unspecified atom stereocenters. The van der Waals surface area contributed by atoms with Gasteiger partial charge in [-0.15, -0.1) is 0 Å². The van der Waals surface area contributed by atoms with E-state index in [1.54, 1.807) is 20.8 Å². The Bertz CT molecular complexity index is 1270. The summed E-state index contributed by atoms with van der Waals surface area (Å²) >= 11 is 8.94. The third-order valence-corrected chi connectivity index (χ3v) is 6.98. The van der Waals surface area contributed by atoms with Crippen molar-refractivity contribution in [2.45, 2.75) is 56.8 Å². The van der Waals surface area contributed by atoms with Crippen LogP contribution in [0, 0.1) is 28.4 Å². The van der Waals surface area contributed by atoms with Gasteiger partial charge in [0.2, 0.25) is 0 Å². The van der Waals surface area contributed by atoms with Crippen molar-refractivity contribution in [1.29, 1.82) is 5.26 Å². The molecule has 1 aliphatic rings. The van der Waals surface area contributed by atoms with Crippen LogP contribution >= 0.6 is 27.5 Å². The van der Waals surface area contributed by atoms with Gasteiger partial charge >= 0.3 is 18.1 Å². The Labute approximate surface area is 223 Å². The van der Waals surface area contributed by atoms with Crippen LogP contribution in [0.25, 0.3) is 0 Å². The lowest BCUT2D eigenvalue weighted by molar-refractivity contribution is -0.202. The van der Waals surface area contributed by atoms with Crippen molar-refractivity contribution in [2.24, 2.45) is 5.41 Å². The second-order valence-electron chi connectivity index (χ2n) is 9.89. The molecule has 0 aromatic heterocycles. The summed E-state index contributed by atoms with van der Waals surface area (Å²) in [6, 6.07) is 6.57. The summed E-state index contributed by atoms with van der Waals surface area (Å²) in [5.41, 5.74) is -3.10. The molecule has 1 saturated heterocycles. The molecule has 0 saturated carbocycles. The van der Waals surface area contributed by atoms with Gasteiger partial charge in [-0.2, -0.15) is 18.4 Å². The van der Waals surface area contributed by atoms with E-state index in [1.807, 2.05) is 6.07 Å². The van der Waals surface area contributed by atoms with Crippen molar-refractivity contribution >= 4 is 39.5 Å². The summed E-state index contributed by atoms with van der Waals surface area (Å²) in [5, 5.41) is 13.4. The number of hydrogen-bond donors (Lipinski definition) is 1. The van der Waals surface area contributed by atoms with Gasteiger partial charge in [0.25, 0.3) is 0 Å². The monoisotopic (exact) mass is 606 g/mol. The molecule has 1 fully saturated rings. The largest absolute Gasteiger partial charge is 0.491 e. The van der Waals surface area contributed by atoms with E-state index >= 15 is 8.78 Å². The number of esters is 2. The van der Waals surface area contributed by atoms with E-state index in [0.717, 1.165) is 6.07 Å². The van der Waals surface area contributed by atoms with Gasteiger partial charge in [0.15, 0.2) is 0 Å². The second-order valence-corrected chi connectivity index (χ2v) is 11.2. The molecule has 198 valence electrons. The van der Waals surface area contributed by atoms with Crippen molar-refractivity contribution in [2.75, 3.05) is 0 Å². The standard InChI is InChI=1S/C25H21BrClF5N2O3/c1-23(2,3)10-17-24(11-33,14-8-7-12(27)9-16(14)28)18(13-5-4-6-15(26)19(13)29)20(34-17)21(35)37-22(36)25(30,31)32/h4-9,17-18,20,34H,10H2,1-3H3/t17-,18-,20+,24-/m0/s1. The lowest BCUT2D eigenvalue weighted by Crippen LogP contribution is -2.45. The first-order valence-electron chi connectivity index (χ1n) is 10.9. The Balaban J connectivity index is 2.34. The lowest BCUT2D eigenvalue weighted by atomic mass is 9.62. The molecule has 4 atom stereocenters. The van der Waals surface area contributed by atoms with Gasteiger partial charge in [-0.25, -0.2) is 18.4 Å². The summed E-state index contributed by atoms with van der Waals surface area (Å²) in [6.45, 7) is 5.38. The Hall–Kier alpha value is -2.55. The number of halogens is 7. The summed E-state index contributed by atoms with van der Waals surface area (Å²) < 4.78 is 73.6. The fourth-order valence-corrected chi connectivity index (χ4v) is 5.29. The highest BCUT2D eigenvalue weighted by Crippen LogP contribution is 2.53. The number of rotatable bonds is 4. The molecule has 12 heteroatoms. The Morgan fingerprint density at radius 3 is 2.38 bits per heavy atom. The molecular formula is C25H21BrClF5N2O3. The van der Waals surface area contributed by atoms with Crippen LogP contribution in [0.2, 0.25) is 5.02 Å². The molecule has 2 aromatic rings. The van der Waals surface area contributed by atoms with Crippen LogP contribution < -0.4 is 5.32 Å². The number of nitriles is 1. The topological polar surface area (TPSA) is 79.2 Å². The van der Waals surface area contributed by atoms with Gasteiger partial charge in [0.05, 0.1) is 10.5 Å². The van der Waals surface area contributed by atoms with Crippen molar-refractivity contribution in [3.05, 3.63) is 68.7 Å². The summed E-state index contributed by atoms with van der Waals surface area (Å²) in [6.07, 6.45) is -5.38. The number of carbonyl (C=O) groups is 2. The minimum atomic E-state index is -5.48. The van der Waals surface area contributed by atoms with Crippen LogP contribution in [0.5, 0.6) is 0 Å². The maximum Gasteiger partial charge on any atom is 0.491 e. The van der Waals surface area contributed by atoms with Crippen LogP contribution in [-0.2, 0) is 19.7 Å². The van der Waals surface area contributed by atoms with Gasteiger partial charge < -0.3 is 4.74 Å². The quantitative estimate of drug-likeness (QED) is 0.250.